The summed E-state index contributed by atoms with van der Waals surface area (Å²) in [6.45, 7) is 4.81. The topological polar surface area (TPSA) is 58.6 Å². The van der Waals surface area contributed by atoms with Crippen molar-refractivity contribution in [2.24, 2.45) is 0 Å². The Kier molecular flexibility index (Phi) is 7.70. The summed E-state index contributed by atoms with van der Waals surface area (Å²) in [5.74, 6) is 0.848. The van der Waals surface area contributed by atoms with Gasteiger partial charge < -0.3 is 15.2 Å². The number of hydrogen-bond donors (Lipinski definition) is 2. The molecule has 3 atom stereocenters. The zero-order valence-corrected chi connectivity index (χ0v) is 12.2. The number of nitrogens with one attached hydrogen (secondary N) is 1. The fourth-order valence-corrected chi connectivity index (χ4v) is 3.44. The van der Waals surface area contributed by atoms with Crippen LogP contribution in [0.3, 0.4) is 0 Å². The fourth-order valence-electron chi connectivity index (χ4n) is 2.30. The van der Waals surface area contributed by atoms with Crippen LogP contribution in [0.1, 0.15) is 39.5 Å². The van der Waals surface area contributed by atoms with Crippen LogP contribution in [-0.4, -0.2) is 47.4 Å². The fraction of sp³-hybridized carbons (Fsp3) is 0.923. The summed E-state index contributed by atoms with van der Waals surface area (Å²) in [5, 5.41) is 13.8. The van der Waals surface area contributed by atoms with Crippen molar-refractivity contribution in [3.8, 4) is 0 Å². The molecule has 1 rings (SSSR count). The maximum Gasteiger partial charge on any atom is 0.308 e. The quantitative estimate of drug-likeness (QED) is 0.658. The lowest BCUT2D eigenvalue weighted by Gasteiger charge is -2.16. The van der Waals surface area contributed by atoms with Crippen LogP contribution < -0.4 is 5.32 Å². The number of esters is 1. The van der Waals surface area contributed by atoms with E-state index in [9.17, 15) is 9.90 Å². The summed E-state index contributed by atoms with van der Waals surface area (Å²) in [4.78, 5) is 11.2. The predicted octanol–water partition coefficient (Wildman–Crippen LogP) is 1.56. The molecule has 0 aromatic heterocycles. The van der Waals surface area contributed by atoms with E-state index < -0.39 is 6.10 Å². The molecule has 18 heavy (non-hydrogen) atoms. The van der Waals surface area contributed by atoms with Crippen LogP contribution in [0.2, 0.25) is 0 Å². The number of aliphatic hydroxyl groups excluding tert-OH is 1. The Morgan fingerprint density at radius 2 is 2.28 bits per heavy atom. The first-order chi connectivity index (χ1) is 8.65. The Bertz CT molecular complexity index is 250. The number of thioether (sulfide) groups is 1. The molecule has 0 spiro atoms. The number of carbonyl (C=O) groups is 1. The van der Waals surface area contributed by atoms with E-state index in [-0.39, 0.29) is 12.4 Å². The molecule has 0 radical (unpaired) electrons. The first-order valence-electron chi connectivity index (χ1n) is 6.84. The van der Waals surface area contributed by atoms with Crippen molar-refractivity contribution in [2.75, 3.05) is 18.9 Å². The normalized spacial score (nSPS) is 25.1. The highest BCUT2D eigenvalue weighted by Gasteiger charge is 2.24. The minimum absolute atomic E-state index is 0.0840. The van der Waals surface area contributed by atoms with Gasteiger partial charge in [-0.15, -0.1) is 0 Å². The van der Waals surface area contributed by atoms with Crippen LogP contribution in [0.15, 0.2) is 0 Å². The number of carbonyl (C=O) groups excluding carboxylic acids is 1. The van der Waals surface area contributed by atoms with Crippen LogP contribution in [0.4, 0.5) is 0 Å². The lowest BCUT2D eigenvalue weighted by Crippen LogP contribution is -2.35. The Hall–Kier alpha value is -0.260. The van der Waals surface area contributed by atoms with E-state index in [1.807, 2.05) is 11.8 Å². The zero-order valence-electron chi connectivity index (χ0n) is 11.4. The molecule has 0 aromatic carbocycles. The third kappa shape index (κ3) is 6.07. The Morgan fingerprint density at radius 3 is 2.94 bits per heavy atom. The van der Waals surface area contributed by atoms with Gasteiger partial charge in [-0.3, -0.25) is 4.79 Å². The van der Waals surface area contributed by atoms with Gasteiger partial charge in [-0.05, 0) is 31.9 Å². The number of aliphatic hydroxyl groups is 1. The molecule has 1 aliphatic carbocycles. The first kappa shape index (κ1) is 15.8. The summed E-state index contributed by atoms with van der Waals surface area (Å²) in [6.07, 6.45) is 3.04. The molecular formula is C13H25NO3S. The van der Waals surface area contributed by atoms with Crippen LogP contribution in [0.25, 0.3) is 0 Å². The minimum Gasteiger partial charge on any atom is -0.466 e. The zero-order chi connectivity index (χ0) is 13.4. The second kappa shape index (κ2) is 8.77. The number of ether oxygens (including phenoxy) is 1. The van der Waals surface area contributed by atoms with Crippen molar-refractivity contribution < 1.29 is 14.6 Å². The SMILES string of the molecule is CCOC(=O)CC(O)CNC1CCC(SCC)C1. The van der Waals surface area contributed by atoms with Gasteiger partial charge in [0.2, 0.25) is 0 Å². The highest BCUT2D eigenvalue weighted by Crippen LogP contribution is 2.29. The summed E-state index contributed by atoms with van der Waals surface area (Å²) >= 11 is 2.02. The van der Waals surface area contributed by atoms with Crippen molar-refractivity contribution in [3.63, 3.8) is 0 Å². The second-order valence-electron chi connectivity index (χ2n) is 4.66. The molecule has 5 heteroatoms. The van der Waals surface area contributed by atoms with Crippen molar-refractivity contribution in [1.82, 2.24) is 5.32 Å². The van der Waals surface area contributed by atoms with Gasteiger partial charge in [-0.25, -0.2) is 0 Å². The molecule has 0 heterocycles. The molecule has 0 aromatic rings. The minimum atomic E-state index is -0.637. The molecule has 4 nitrogen and oxygen atoms in total. The molecule has 0 saturated heterocycles. The van der Waals surface area contributed by atoms with Gasteiger partial charge in [-0.1, -0.05) is 6.92 Å². The Balaban J connectivity index is 2.11. The van der Waals surface area contributed by atoms with Crippen molar-refractivity contribution in [2.45, 2.75) is 56.9 Å². The molecule has 3 unspecified atom stereocenters. The van der Waals surface area contributed by atoms with Gasteiger partial charge in [0.15, 0.2) is 0 Å². The number of hydrogen-bond acceptors (Lipinski definition) is 5. The van der Waals surface area contributed by atoms with E-state index in [0.717, 1.165) is 5.25 Å². The van der Waals surface area contributed by atoms with E-state index in [1.165, 1.54) is 25.0 Å². The monoisotopic (exact) mass is 275 g/mol. The molecule has 1 aliphatic rings. The van der Waals surface area contributed by atoms with Crippen LogP contribution >= 0.6 is 11.8 Å². The maximum atomic E-state index is 11.2. The lowest BCUT2D eigenvalue weighted by molar-refractivity contribution is -0.145. The van der Waals surface area contributed by atoms with Crippen molar-refractivity contribution >= 4 is 17.7 Å². The van der Waals surface area contributed by atoms with Crippen molar-refractivity contribution in [3.05, 3.63) is 0 Å². The summed E-state index contributed by atoms with van der Waals surface area (Å²) in [6, 6.07) is 0.492. The average molecular weight is 275 g/mol. The van der Waals surface area contributed by atoms with Gasteiger partial charge >= 0.3 is 5.97 Å². The predicted molar refractivity (Wildman–Crippen MR) is 74.8 cm³/mol. The van der Waals surface area contributed by atoms with Crippen LogP contribution in [0, 0.1) is 0 Å². The van der Waals surface area contributed by atoms with E-state index in [2.05, 4.69) is 12.2 Å². The van der Waals surface area contributed by atoms with Crippen LogP contribution in [-0.2, 0) is 9.53 Å². The highest BCUT2D eigenvalue weighted by molar-refractivity contribution is 7.99. The third-order valence-corrected chi connectivity index (χ3v) is 4.37. The van der Waals surface area contributed by atoms with Gasteiger partial charge in [0.05, 0.1) is 19.1 Å². The largest absolute Gasteiger partial charge is 0.466 e. The molecule has 0 bridgehead atoms. The molecule has 106 valence electrons. The maximum absolute atomic E-state index is 11.2. The van der Waals surface area contributed by atoms with Crippen molar-refractivity contribution in [1.29, 1.82) is 0 Å². The number of rotatable bonds is 8. The van der Waals surface area contributed by atoms with Crippen LogP contribution in [0.5, 0.6) is 0 Å². The Labute approximate surface area is 114 Å². The highest BCUT2D eigenvalue weighted by atomic mass is 32.2. The smallest absolute Gasteiger partial charge is 0.308 e. The summed E-state index contributed by atoms with van der Waals surface area (Å²) in [7, 11) is 0. The van der Waals surface area contributed by atoms with E-state index >= 15 is 0 Å². The average Bonchev–Trinajstić information content (AvgIpc) is 2.75. The van der Waals surface area contributed by atoms with E-state index in [0.29, 0.717) is 19.2 Å². The molecule has 0 amide bonds. The third-order valence-electron chi connectivity index (χ3n) is 3.14. The molecular weight excluding hydrogens is 250 g/mol. The van der Waals surface area contributed by atoms with Gasteiger partial charge in [-0.2, -0.15) is 11.8 Å². The summed E-state index contributed by atoms with van der Waals surface area (Å²) < 4.78 is 4.80. The van der Waals surface area contributed by atoms with Gasteiger partial charge in [0, 0.05) is 17.8 Å². The van der Waals surface area contributed by atoms with E-state index in [1.54, 1.807) is 6.92 Å². The molecule has 1 fully saturated rings. The first-order valence-corrected chi connectivity index (χ1v) is 7.89. The lowest BCUT2D eigenvalue weighted by atomic mass is 10.2. The molecule has 1 saturated carbocycles. The van der Waals surface area contributed by atoms with Gasteiger partial charge in [0.25, 0.3) is 0 Å². The Morgan fingerprint density at radius 1 is 1.50 bits per heavy atom. The molecule has 2 N–H and O–H groups in total. The summed E-state index contributed by atoms with van der Waals surface area (Å²) in [5.41, 5.74) is 0. The van der Waals surface area contributed by atoms with Gasteiger partial charge in [0.1, 0.15) is 0 Å². The second-order valence-corrected chi connectivity index (χ2v) is 6.24. The van der Waals surface area contributed by atoms with E-state index in [4.69, 9.17) is 4.74 Å². The molecule has 0 aliphatic heterocycles. The standard InChI is InChI=1S/C13H25NO3S/c1-3-17-13(16)8-11(15)9-14-10-5-6-12(7-10)18-4-2/h10-12,14-15H,3-9H2,1-2H3.